The van der Waals surface area contributed by atoms with Gasteiger partial charge in [0, 0.05) is 82.5 Å². The highest BCUT2D eigenvalue weighted by Crippen LogP contribution is 2.39. The van der Waals surface area contributed by atoms with Crippen molar-refractivity contribution in [3.63, 3.8) is 0 Å². The molecule has 86 heavy (non-hydrogen) atoms. The van der Waals surface area contributed by atoms with Gasteiger partial charge in [0.05, 0.1) is 13.2 Å². The highest BCUT2D eigenvalue weighted by molar-refractivity contribution is 6.02. The van der Waals surface area contributed by atoms with E-state index in [0.29, 0.717) is 62.9 Å². The van der Waals surface area contributed by atoms with Crippen LogP contribution in [0.2, 0.25) is 0 Å². The fraction of sp³-hybridized carbons (Fsp3) is 0.425. The van der Waals surface area contributed by atoms with Crippen LogP contribution in [0.3, 0.4) is 0 Å². The summed E-state index contributed by atoms with van der Waals surface area (Å²) in [5.41, 5.74) is 12.5. The monoisotopic (exact) mass is 1160 g/mol. The minimum atomic E-state index is -1.21. The van der Waals surface area contributed by atoms with E-state index in [1.165, 1.54) is 47.3 Å². The first kappa shape index (κ1) is 61.2. The fourth-order valence-corrected chi connectivity index (χ4v) is 14.2. The number of hydrogen-bond acceptors (Lipinski definition) is 9. The highest BCUT2D eigenvalue weighted by Gasteiger charge is 2.52. The lowest BCUT2D eigenvalue weighted by Gasteiger charge is -2.37. The molecular formula is C73H83N3O10. The number of benzene rings is 6. The summed E-state index contributed by atoms with van der Waals surface area (Å²) in [6, 6.07) is 41.6. The molecule has 450 valence electrons. The number of likely N-dealkylation sites (N-methyl/N-ethyl adjacent to an activating group) is 2. The zero-order valence-corrected chi connectivity index (χ0v) is 50.6. The average Bonchev–Trinajstić information content (AvgIpc) is 1.74. The van der Waals surface area contributed by atoms with Gasteiger partial charge in [-0.3, -0.25) is 14.4 Å². The molecule has 1 aliphatic heterocycles. The van der Waals surface area contributed by atoms with Gasteiger partial charge in [-0.2, -0.15) is 0 Å². The summed E-state index contributed by atoms with van der Waals surface area (Å²) < 4.78 is 15.7. The number of nitrogens with one attached hydrogen (secondary N) is 1. The molecule has 2 N–H and O–H groups in total. The molecule has 0 bridgehead atoms. The Labute approximate surface area is 506 Å². The van der Waals surface area contributed by atoms with Crippen molar-refractivity contribution in [2.45, 2.75) is 159 Å². The zero-order valence-electron chi connectivity index (χ0n) is 50.6. The first-order valence-electron chi connectivity index (χ1n) is 31.3. The SMILES string of the molecule is C1CCOC1.CCOC(=O)C1(N(C)C(=O)c2cccc3c2CCCC3)Cc2ccccc2C1.CCOC(=O)C1(NC(=O)c2cccc3c2CCCC3)Cc2ccccc2C1.CN(C(=O)c1cccc2c1CCCC2)C1(C(=O)O)Cc2ccccc2C1. The van der Waals surface area contributed by atoms with Gasteiger partial charge in [-0.1, -0.05) is 109 Å². The van der Waals surface area contributed by atoms with Gasteiger partial charge in [-0.15, -0.1) is 0 Å². The second-order valence-corrected chi connectivity index (χ2v) is 24.2. The summed E-state index contributed by atoms with van der Waals surface area (Å²) in [4.78, 5) is 81.5. The highest BCUT2D eigenvalue weighted by atomic mass is 16.5. The number of nitrogens with zero attached hydrogens (tertiary/aromatic N) is 2. The first-order valence-corrected chi connectivity index (χ1v) is 31.3. The molecule has 1 saturated heterocycles. The number of aliphatic carboxylic acids is 1. The molecule has 1 heterocycles. The van der Waals surface area contributed by atoms with Crippen molar-refractivity contribution in [1.82, 2.24) is 15.1 Å². The van der Waals surface area contributed by atoms with Gasteiger partial charge in [-0.05, 0) is 189 Å². The zero-order chi connectivity index (χ0) is 60.4. The Morgan fingerprint density at radius 1 is 0.430 bits per heavy atom. The van der Waals surface area contributed by atoms with Crippen LogP contribution >= 0.6 is 0 Å². The number of ether oxygens (including phenoxy) is 3. The molecule has 0 spiro atoms. The van der Waals surface area contributed by atoms with E-state index in [0.717, 1.165) is 133 Å². The van der Waals surface area contributed by atoms with E-state index in [-0.39, 0.29) is 29.7 Å². The van der Waals surface area contributed by atoms with E-state index < -0.39 is 22.6 Å². The third-order valence-corrected chi connectivity index (χ3v) is 19.0. The topological polar surface area (TPSA) is 169 Å². The Morgan fingerprint density at radius 2 is 0.767 bits per heavy atom. The number of rotatable bonds is 11. The molecule has 0 radical (unpaired) electrons. The van der Waals surface area contributed by atoms with Crippen LogP contribution in [0.5, 0.6) is 0 Å². The van der Waals surface area contributed by atoms with Crippen LogP contribution < -0.4 is 5.32 Å². The van der Waals surface area contributed by atoms with Crippen LogP contribution in [0.15, 0.2) is 127 Å². The predicted octanol–water partition coefficient (Wildman–Crippen LogP) is 11.2. The number of esters is 2. The molecule has 6 aromatic carbocycles. The van der Waals surface area contributed by atoms with Crippen molar-refractivity contribution in [3.05, 3.63) is 211 Å². The molecule has 13 nitrogen and oxygen atoms in total. The number of carbonyl (C=O) groups is 6. The number of hydrogen-bond donors (Lipinski definition) is 2. The normalized spacial score (nSPS) is 17.4. The largest absolute Gasteiger partial charge is 0.479 e. The van der Waals surface area contributed by atoms with E-state index >= 15 is 0 Å². The lowest BCUT2D eigenvalue weighted by atomic mass is 9.86. The van der Waals surface area contributed by atoms with Crippen molar-refractivity contribution in [2.24, 2.45) is 0 Å². The molecule has 7 aliphatic rings. The first-order chi connectivity index (χ1) is 41.7. The molecule has 0 unspecified atom stereocenters. The number of amides is 3. The van der Waals surface area contributed by atoms with Crippen LogP contribution in [0.25, 0.3) is 0 Å². The van der Waals surface area contributed by atoms with Gasteiger partial charge in [0.2, 0.25) is 0 Å². The molecule has 6 aromatic rings. The predicted molar refractivity (Wildman–Crippen MR) is 332 cm³/mol. The van der Waals surface area contributed by atoms with Crippen LogP contribution in [0.4, 0.5) is 0 Å². The van der Waals surface area contributed by atoms with Gasteiger partial charge in [0.1, 0.15) is 16.6 Å². The lowest BCUT2D eigenvalue weighted by molar-refractivity contribution is -0.155. The Balaban J connectivity index is 0.000000137. The maximum Gasteiger partial charge on any atom is 0.332 e. The van der Waals surface area contributed by atoms with Crippen molar-refractivity contribution in [3.8, 4) is 0 Å². The second kappa shape index (κ2) is 27.2. The summed E-state index contributed by atoms with van der Waals surface area (Å²) in [5.74, 6) is -2.03. The van der Waals surface area contributed by atoms with Gasteiger partial charge in [0.15, 0.2) is 0 Å². The van der Waals surface area contributed by atoms with Gasteiger partial charge in [-0.25, -0.2) is 14.4 Å². The number of carboxylic acids is 1. The summed E-state index contributed by atoms with van der Waals surface area (Å²) in [6.07, 6.45) is 17.8. The van der Waals surface area contributed by atoms with Crippen LogP contribution in [-0.4, -0.2) is 108 Å². The van der Waals surface area contributed by atoms with E-state index in [2.05, 4.69) is 23.5 Å². The van der Waals surface area contributed by atoms with Crippen molar-refractivity contribution in [2.75, 3.05) is 40.5 Å². The minimum absolute atomic E-state index is 0.0837. The van der Waals surface area contributed by atoms with Gasteiger partial charge >= 0.3 is 17.9 Å². The number of carbonyl (C=O) groups excluding carboxylic acids is 5. The summed E-state index contributed by atoms with van der Waals surface area (Å²) in [6.45, 7) is 6.21. The quantitative estimate of drug-likeness (QED) is 0.119. The molecule has 0 atom stereocenters. The smallest absolute Gasteiger partial charge is 0.332 e. The Morgan fingerprint density at radius 3 is 1.15 bits per heavy atom. The third kappa shape index (κ3) is 12.7. The van der Waals surface area contributed by atoms with Gasteiger partial charge < -0.3 is 34.4 Å². The Hall–Kier alpha value is -7.90. The summed E-state index contributed by atoms with van der Waals surface area (Å²) in [7, 11) is 3.40. The van der Waals surface area contributed by atoms with Crippen molar-refractivity contribution < 1.29 is 48.1 Å². The molecule has 3 amide bonds. The van der Waals surface area contributed by atoms with Crippen molar-refractivity contribution >= 4 is 35.6 Å². The molecule has 0 aromatic heterocycles. The average molecular weight is 1160 g/mol. The molecular weight excluding hydrogens is 1080 g/mol. The van der Waals surface area contributed by atoms with Crippen molar-refractivity contribution in [1.29, 1.82) is 0 Å². The molecule has 6 aliphatic carbocycles. The molecule has 1 fully saturated rings. The Bertz CT molecular complexity index is 3410. The standard InChI is InChI=1S/C24H27NO3.C23H25NO3.C22H23NO3.C4H8O/c1-3-28-23(27)24(15-18-10-4-5-11-19(18)16-24)25(2)22(26)21-14-8-12-17-9-6-7-13-20(17)21;1-2-27-22(26)23(14-17-9-3-4-10-18(17)15-23)24-21(25)20-13-7-11-16-8-5-6-12-19(16)20;1-23(20(24)19-12-6-10-15-7-4-5-11-18(15)19)22(21(25)26)13-16-8-2-3-9-17(16)14-22;1-2-4-5-3-1/h4-5,8,10-12,14H,3,6-7,9,13,15-16H2,1-2H3;3-4,7,9-11,13H,2,5-6,8,12,14-15H2,1H3,(H,24,25);2-3,6,8-10,12H,4-5,7,11,13-14H2,1H3,(H,25,26);1-4H2. The van der Waals surface area contributed by atoms with Crippen LogP contribution in [0.1, 0.15) is 163 Å². The van der Waals surface area contributed by atoms with E-state index in [9.17, 15) is 33.9 Å². The number of aryl methyl sites for hydroxylation is 3. The van der Waals surface area contributed by atoms with E-state index in [1.807, 2.05) is 116 Å². The molecule has 13 heteroatoms. The summed E-state index contributed by atoms with van der Waals surface area (Å²) in [5, 5.41) is 13.1. The minimum Gasteiger partial charge on any atom is -0.479 e. The van der Waals surface area contributed by atoms with E-state index in [1.54, 1.807) is 25.9 Å². The van der Waals surface area contributed by atoms with E-state index in [4.69, 9.17) is 14.2 Å². The molecule has 13 rings (SSSR count). The van der Waals surface area contributed by atoms with Crippen LogP contribution in [0, 0.1) is 0 Å². The number of fused-ring (bicyclic) bond motifs is 6. The fourth-order valence-electron chi connectivity index (χ4n) is 14.2. The van der Waals surface area contributed by atoms with Crippen LogP contribution in [-0.2, 0) is 106 Å². The molecule has 0 saturated carbocycles. The third-order valence-electron chi connectivity index (χ3n) is 19.0. The maximum absolute atomic E-state index is 13.6. The maximum atomic E-state index is 13.6. The second-order valence-electron chi connectivity index (χ2n) is 24.2. The van der Waals surface area contributed by atoms with Gasteiger partial charge in [0.25, 0.3) is 17.7 Å². The lowest BCUT2D eigenvalue weighted by Crippen LogP contribution is -2.57. The summed E-state index contributed by atoms with van der Waals surface area (Å²) >= 11 is 0. The Kier molecular flexibility index (Phi) is 19.4. The number of carboxylic acid groups (broad SMARTS) is 1.